The third-order valence-electron chi connectivity index (χ3n) is 4.11. The lowest BCUT2D eigenvalue weighted by Gasteiger charge is -2.10. The first-order valence-electron chi connectivity index (χ1n) is 8.52. The summed E-state index contributed by atoms with van der Waals surface area (Å²) in [5, 5.41) is 5.56. The van der Waals surface area contributed by atoms with Crippen LogP contribution in [0.5, 0.6) is 5.75 Å². The minimum Gasteiger partial charge on any atom is -0.495 e. The van der Waals surface area contributed by atoms with Crippen molar-refractivity contribution in [3.05, 3.63) is 53.6 Å². The average Bonchev–Trinajstić information content (AvgIpc) is 2.97. The van der Waals surface area contributed by atoms with Gasteiger partial charge >= 0.3 is 0 Å². The zero-order valence-electron chi connectivity index (χ0n) is 15.4. The molecule has 7 heteroatoms. The van der Waals surface area contributed by atoms with Crippen LogP contribution in [0.2, 0.25) is 0 Å². The van der Waals surface area contributed by atoms with Crippen LogP contribution in [0.25, 0.3) is 0 Å². The number of methoxy groups -OCH3 is 1. The van der Waals surface area contributed by atoms with E-state index >= 15 is 0 Å². The van der Waals surface area contributed by atoms with Gasteiger partial charge < -0.3 is 15.4 Å². The third-order valence-corrected chi connectivity index (χ3v) is 5.20. The Morgan fingerprint density at radius 1 is 1.26 bits per heavy atom. The predicted molar refractivity (Wildman–Crippen MR) is 109 cm³/mol. The van der Waals surface area contributed by atoms with E-state index in [-0.39, 0.29) is 18.2 Å². The Labute approximate surface area is 162 Å². The van der Waals surface area contributed by atoms with Gasteiger partial charge in [-0.15, -0.1) is 0 Å². The van der Waals surface area contributed by atoms with E-state index in [0.717, 1.165) is 16.8 Å². The van der Waals surface area contributed by atoms with Crippen molar-refractivity contribution in [1.29, 1.82) is 0 Å². The molecule has 0 spiro atoms. The number of nitrogens with one attached hydrogen (secondary N) is 2. The monoisotopic (exact) mass is 383 g/mol. The van der Waals surface area contributed by atoms with Crippen LogP contribution in [-0.4, -0.2) is 29.3 Å². The number of nitrogens with zero attached hydrogens (tertiary/aromatic N) is 1. The van der Waals surface area contributed by atoms with Crippen molar-refractivity contribution >= 4 is 40.1 Å². The highest BCUT2D eigenvalue weighted by molar-refractivity contribution is 8.15. The van der Waals surface area contributed by atoms with Crippen molar-refractivity contribution in [2.24, 2.45) is 4.99 Å². The van der Waals surface area contributed by atoms with E-state index in [0.29, 0.717) is 16.6 Å². The SMILES string of the molecule is COc1ccccc1NC(=O)C[C@@H]1SC(=Nc2cc(C)ccc2C)NC1=O. The number of amidine groups is 1. The van der Waals surface area contributed by atoms with Crippen LogP contribution in [0.15, 0.2) is 47.5 Å². The van der Waals surface area contributed by atoms with E-state index in [1.54, 1.807) is 19.2 Å². The number of rotatable bonds is 5. The number of aryl methyl sites for hydroxylation is 2. The van der Waals surface area contributed by atoms with Crippen LogP contribution < -0.4 is 15.4 Å². The second-order valence-corrected chi connectivity index (χ2v) is 7.45. The number of thioether (sulfide) groups is 1. The molecule has 1 aliphatic heterocycles. The van der Waals surface area contributed by atoms with Crippen LogP contribution in [0.3, 0.4) is 0 Å². The number of para-hydroxylation sites is 2. The Kier molecular flexibility index (Phi) is 5.81. The molecule has 2 aromatic rings. The van der Waals surface area contributed by atoms with E-state index in [4.69, 9.17) is 4.74 Å². The van der Waals surface area contributed by atoms with Crippen molar-refractivity contribution in [2.75, 3.05) is 12.4 Å². The molecule has 2 N–H and O–H groups in total. The molecule has 0 unspecified atom stereocenters. The number of amides is 2. The van der Waals surface area contributed by atoms with Crippen LogP contribution >= 0.6 is 11.8 Å². The van der Waals surface area contributed by atoms with Crippen molar-refractivity contribution in [3.63, 3.8) is 0 Å². The fourth-order valence-electron chi connectivity index (χ4n) is 2.66. The second-order valence-electron chi connectivity index (χ2n) is 6.26. The second kappa shape index (κ2) is 8.26. The largest absolute Gasteiger partial charge is 0.495 e. The van der Waals surface area contributed by atoms with Gasteiger partial charge in [0.15, 0.2) is 5.17 Å². The smallest absolute Gasteiger partial charge is 0.240 e. The van der Waals surface area contributed by atoms with E-state index in [1.807, 2.05) is 44.2 Å². The van der Waals surface area contributed by atoms with Crippen molar-refractivity contribution in [1.82, 2.24) is 5.32 Å². The molecule has 0 aromatic heterocycles. The molecule has 0 bridgehead atoms. The van der Waals surface area contributed by atoms with Gasteiger partial charge in [-0.2, -0.15) is 0 Å². The standard InChI is InChI=1S/C20H21N3O3S/c1-12-8-9-13(2)15(10-12)22-20-23-19(25)17(27-20)11-18(24)21-14-6-4-5-7-16(14)26-3/h4-10,17H,11H2,1-3H3,(H,21,24)(H,22,23,25)/t17-/m0/s1. The first kappa shape index (κ1) is 19.0. The molecule has 2 amide bonds. The average molecular weight is 383 g/mol. The van der Waals surface area contributed by atoms with Crippen molar-refractivity contribution in [2.45, 2.75) is 25.5 Å². The highest BCUT2D eigenvalue weighted by atomic mass is 32.2. The number of carbonyl (C=O) groups is 2. The number of carbonyl (C=O) groups excluding carboxylic acids is 2. The number of ether oxygens (including phenoxy) is 1. The molecular weight excluding hydrogens is 362 g/mol. The number of hydrogen-bond donors (Lipinski definition) is 2. The third kappa shape index (κ3) is 4.68. The van der Waals surface area contributed by atoms with Gasteiger partial charge in [-0.1, -0.05) is 36.0 Å². The van der Waals surface area contributed by atoms with Crippen molar-refractivity contribution < 1.29 is 14.3 Å². The lowest BCUT2D eigenvalue weighted by atomic mass is 10.1. The van der Waals surface area contributed by atoms with Crippen molar-refractivity contribution in [3.8, 4) is 5.75 Å². The summed E-state index contributed by atoms with van der Waals surface area (Å²) < 4.78 is 5.22. The summed E-state index contributed by atoms with van der Waals surface area (Å²) in [7, 11) is 1.54. The van der Waals surface area contributed by atoms with Gasteiger partial charge in [-0.3, -0.25) is 9.59 Å². The lowest BCUT2D eigenvalue weighted by molar-refractivity contribution is -0.122. The van der Waals surface area contributed by atoms with E-state index in [2.05, 4.69) is 15.6 Å². The van der Waals surface area contributed by atoms with Crippen LogP contribution in [0.4, 0.5) is 11.4 Å². The van der Waals surface area contributed by atoms with Gasteiger partial charge in [0, 0.05) is 6.42 Å². The molecule has 1 fully saturated rings. The van der Waals surface area contributed by atoms with Crippen LogP contribution in [0.1, 0.15) is 17.5 Å². The van der Waals surface area contributed by atoms with Gasteiger partial charge in [0.2, 0.25) is 11.8 Å². The van der Waals surface area contributed by atoms with Gasteiger partial charge in [-0.05, 0) is 43.2 Å². The Morgan fingerprint density at radius 2 is 2.04 bits per heavy atom. The van der Waals surface area contributed by atoms with Gasteiger partial charge in [0.1, 0.15) is 11.0 Å². The molecule has 0 radical (unpaired) electrons. The molecule has 1 heterocycles. The lowest BCUT2D eigenvalue weighted by Crippen LogP contribution is -2.28. The summed E-state index contributed by atoms with van der Waals surface area (Å²) in [5.41, 5.74) is 3.52. The molecule has 1 atom stereocenters. The van der Waals surface area contributed by atoms with E-state index < -0.39 is 5.25 Å². The van der Waals surface area contributed by atoms with Crippen LogP contribution in [-0.2, 0) is 9.59 Å². The quantitative estimate of drug-likeness (QED) is 0.827. The molecule has 3 rings (SSSR count). The normalized spacial score (nSPS) is 17.7. The summed E-state index contributed by atoms with van der Waals surface area (Å²) in [6.45, 7) is 3.97. The zero-order chi connectivity index (χ0) is 19.4. The molecule has 0 saturated carbocycles. The topological polar surface area (TPSA) is 79.8 Å². The Bertz CT molecular complexity index is 911. The molecule has 1 saturated heterocycles. The fourth-order valence-corrected chi connectivity index (χ4v) is 3.64. The molecule has 2 aromatic carbocycles. The Morgan fingerprint density at radius 3 is 2.81 bits per heavy atom. The maximum Gasteiger partial charge on any atom is 0.240 e. The maximum atomic E-state index is 12.3. The number of anilines is 1. The molecular formula is C20H21N3O3S. The first-order valence-corrected chi connectivity index (χ1v) is 9.40. The van der Waals surface area contributed by atoms with Gasteiger partial charge in [-0.25, -0.2) is 4.99 Å². The molecule has 140 valence electrons. The summed E-state index contributed by atoms with van der Waals surface area (Å²) in [4.78, 5) is 29.1. The van der Waals surface area contributed by atoms with Crippen LogP contribution in [0, 0.1) is 13.8 Å². The Hall–Kier alpha value is -2.80. The molecule has 1 aliphatic rings. The molecule has 6 nitrogen and oxygen atoms in total. The molecule has 27 heavy (non-hydrogen) atoms. The summed E-state index contributed by atoms with van der Waals surface area (Å²) >= 11 is 1.27. The minimum atomic E-state index is -0.511. The summed E-state index contributed by atoms with van der Waals surface area (Å²) in [5.74, 6) is 0.117. The first-order chi connectivity index (χ1) is 13.0. The van der Waals surface area contributed by atoms with E-state index in [1.165, 1.54) is 11.8 Å². The minimum absolute atomic E-state index is 0.0559. The fraction of sp³-hybridized carbons (Fsp3) is 0.250. The molecule has 0 aliphatic carbocycles. The zero-order valence-corrected chi connectivity index (χ0v) is 16.2. The maximum absolute atomic E-state index is 12.3. The Balaban J connectivity index is 1.66. The number of hydrogen-bond acceptors (Lipinski definition) is 5. The van der Waals surface area contributed by atoms with E-state index in [9.17, 15) is 9.59 Å². The predicted octanol–water partition coefficient (Wildman–Crippen LogP) is 3.56. The van der Waals surface area contributed by atoms with Gasteiger partial charge in [0.05, 0.1) is 18.5 Å². The number of aliphatic imine (C=N–C) groups is 1. The van der Waals surface area contributed by atoms with Gasteiger partial charge in [0.25, 0.3) is 0 Å². The highest BCUT2D eigenvalue weighted by Crippen LogP contribution is 2.28. The number of benzene rings is 2. The summed E-state index contributed by atoms with van der Waals surface area (Å²) in [6, 6.07) is 13.1. The summed E-state index contributed by atoms with van der Waals surface area (Å²) in [6.07, 6.45) is 0.0559. The highest BCUT2D eigenvalue weighted by Gasteiger charge is 2.32.